The Bertz CT molecular complexity index is 1130. The summed E-state index contributed by atoms with van der Waals surface area (Å²) in [5, 5.41) is 8.43. The van der Waals surface area contributed by atoms with Crippen LogP contribution in [-0.4, -0.2) is 72.1 Å². The molecule has 1 N–H and O–H groups in total. The lowest BCUT2D eigenvalue weighted by atomic mass is 10.1. The van der Waals surface area contributed by atoms with Gasteiger partial charge >= 0.3 is 0 Å². The van der Waals surface area contributed by atoms with Gasteiger partial charge in [-0.05, 0) is 36.6 Å². The number of benzene rings is 2. The van der Waals surface area contributed by atoms with Gasteiger partial charge in [0.1, 0.15) is 0 Å². The average molecular weight is 449 g/mol. The van der Waals surface area contributed by atoms with E-state index in [1.807, 2.05) is 58.1 Å². The Kier molecular flexibility index (Phi) is 6.37. The lowest BCUT2D eigenvalue weighted by Crippen LogP contribution is -2.40. The summed E-state index contributed by atoms with van der Waals surface area (Å²) in [7, 11) is 0. The molecule has 33 heavy (non-hydrogen) atoms. The fourth-order valence-corrected chi connectivity index (χ4v) is 4.39. The Hall–Kier alpha value is -3.23. The van der Waals surface area contributed by atoms with E-state index in [0.717, 1.165) is 35.9 Å². The molecule has 2 saturated heterocycles. The van der Waals surface area contributed by atoms with E-state index in [1.54, 1.807) is 0 Å². The Morgan fingerprint density at radius 3 is 2.58 bits per heavy atom. The summed E-state index contributed by atoms with van der Waals surface area (Å²) in [5.41, 5.74) is 2.99. The van der Waals surface area contributed by atoms with Crippen molar-refractivity contribution in [1.29, 1.82) is 0 Å². The monoisotopic (exact) mass is 448 g/mol. The van der Waals surface area contributed by atoms with Crippen molar-refractivity contribution >= 4 is 22.7 Å². The van der Waals surface area contributed by atoms with Crippen LogP contribution in [0.5, 0.6) is 0 Å². The minimum absolute atomic E-state index is 0.0274. The van der Waals surface area contributed by atoms with E-state index in [0.29, 0.717) is 50.7 Å². The van der Waals surface area contributed by atoms with Gasteiger partial charge < -0.3 is 19.7 Å². The standard InChI is InChI=1S/C25H28N4O4/c30-24(26-16-20-4-3-13-33-20)23-21-5-1-2-6-22(21)29(27-23)17-18-7-9-19(10-8-18)25(31)28-11-14-32-15-12-28/h1-2,5-10,20H,3-4,11-17H2,(H,26,30). The van der Waals surface area contributed by atoms with E-state index < -0.39 is 0 Å². The van der Waals surface area contributed by atoms with Crippen LogP contribution in [0.25, 0.3) is 10.9 Å². The highest BCUT2D eigenvalue weighted by atomic mass is 16.5. The first-order valence-corrected chi connectivity index (χ1v) is 11.5. The van der Waals surface area contributed by atoms with Crippen molar-refractivity contribution in [3.8, 4) is 0 Å². The van der Waals surface area contributed by atoms with E-state index in [1.165, 1.54) is 0 Å². The molecule has 8 heteroatoms. The first kappa shape index (κ1) is 21.6. The molecule has 2 amide bonds. The molecule has 3 heterocycles. The molecular formula is C25H28N4O4. The van der Waals surface area contributed by atoms with Gasteiger partial charge in [-0.2, -0.15) is 5.10 Å². The van der Waals surface area contributed by atoms with Crippen LogP contribution in [0.1, 0.15) is 39.3 Å². The normalized spacial score (nSPS) is 18.5. The molecule has 2 aliphatic heterocycles. The van der Waals surface area contributed by atoms with E-state index in [-0.39, 0.29) is 17.9 Å². The van der Waals surface area contributed by atoms with E-state index in [4.69, 9.17) is 9.47 Å². The molecule has 0 spiro atoms. The molecule has 0 aliphatic carbocycles. The quantitative estimate of drug-likeness (QED) is 0.626. The van der Waals surface area contributed by atoms with Gasteiger partial charge in [-0.15, -0.1) is 0 Å². The van der Waals surface area contributed by atoms with Gasteiger partial charge in [-0.3, -0.25) is 14.3 Å². The topological polar surface area (TPSA) is 85.7 Å². The first-order chi connectivity index (χ1) is 16.2. The van der Waals surface area contributed by atoms with Crippen molar-refractivity contribution in [1.82, 2.24) is 20.0 Å². The number of aromatic nitrogens is 2. The highest BCUT2D eigenvalue weighted by Crippen LogP contribution is 2.20. The van der Waals surface area contributed by atoms with Gasteiger partial charge in [0.05, 0.1) is 31.4 Å². The molecule has 2 fully saturated rings. The second-order valence-electron chi connectivity index (χ2n) is 8.47. The smallest absolute Gasteiger partial charge is 0.272 e. The highest BCUT2D eigenvalue weighted by Gasteiger charge is 2.21. The van der Waals surface area contributed by atoms with Crippen LogP contribution in [0.15, 0.2) is 48.5 Å². The molecule has 3 aromatic rings. The maximum atomic E-state index is 12.9. The summed E-state index contributed by atoms with van der Waals surface area (Å²) in [6.07, 6.45) is 2.09. The minimum Gasteiger partial charge on any atom is -0.378 e. The summed E-state index contributed by atoms with van der Waals surface area (Å²) in [6, 6.07) is 15.3. The SMILES string of the molecule is O=C(NCC1CCCO1)c1nn(Cc2ccc(C(=O)N3CCOCC3)cc2)c2ccccc12. The summed E-state index contributed by atoms with van der Waals surface area (Å²) >= 11 is 0. The van der Waals surface area contributed by atoms with Crippen LogP contribution >= 0.6 is 0 Å². The number of hydrogen-bond acceptors (Lipinski definition) is 5. The lowest BCUT2D eigenvalue weighted by molar-refractivity contribution is 0.0303. The second kappa shape index (κ2) is 9.72. The lowest BCUT2D eigenvalue weighted by Gasteiger charge is -2.26. The number of carbonyl (C=O) groups is 2. The molecule has 5 rings (SSSR count). The van der Waals surface area contributed by atoms with Crippen LogP contribution in [0.4, 0.5) is 0 Å². The number of hydrogen-bond donors (Lipinski definition) is 1. The Morgan fingerprint density at radius 1 is 1.03 bits per heavy atom. The highest BCUT2D eigenvalue weighted by molar-refractivity contribution is 6.04. The van der Waals surface area contributed by atoms with E-state index >= 15 is 0 Å². The fourth-order valence-electron chi connectivity index (χ4n) is 4.39. The van der Waals surface area contributed by atoms with Crippen molar-refractivity contribution in [3.05, 3.63) is 65.4 Å². The molecule has 0 bridgehead atoms. The van der Waals surface area contributed by atoms with Crippen molar-refractivity contribution in [2.45, 2.75) is 25.5 Å². The third-order valence-corrected chi connectivity index (χ3v) is 6.22. The number of amides is 2. The number of fused-ring (bicyclic) bond motifs is 1. The summed E-state index contributed by atoms with van der Waals surface area (Å²) in [6.45, 7) is 4.17. The maximum Gasteiger partial charge on any atom is 0.272 e. The van der Waals surface area contributed by atoms with Crippen LogP contribution in [0, 0.1) is 0 Å². The number of morpholine rings is 1. The first-order valence-electron chi connectivity index (χ1n) is 11.5. The molecule has 2 aliphatic rings. The maximum absolute atomic E-state index is 12.9. The van der Waals surface area contributed by atoms with E-state index in [9.17, 15) is 9.59 Å². The number of carbonyl (C=O) groups excluding carboxylic acids is 2. The molecule has 0 saturated carbocycles. The Labute approximate surface area is 192 Å². The summed E-state index contributed by atoms with van der Waals surface area (Å²) in [4.78, 5) is 27.4. The number of ether oxygens (including phenoxy) is 2. The molecular weight excluding hydrogens is 420 g/mol. The van der Waals surface area contributed by atoms with Crippen LogP contribution < -0.4 is 5.32 Å². The molecule has 1 unspecified atom stereocenters. The number of para-hydroxylation sites is 1. The van der Waals surface area contributed by atoms with Gasteiger partial charge in [0.25, 0.3) is 11.8 Å². The van der Waals surface area contributed by atoms with Gasteiger partial charge in [-0.25, -0.2) is 0 Å². The number of nitrogens with zero attached hydrogens (tertiary/aromatic N) is 3. The molecule has 1 atom stereocenters. The average Bonchev–Trinajstić information content (AvgIpc) is 3.52. The van der Waals surface area contributed by atoms with Gasteiger partial charge in [0.15, 0.2) is 5.69 Å². The van der Waals surface area contributed by atoms with Crippen molar-refractivity contribution in [2.75, 3.05) is 39.5 Å². The Balaban J connectivity index is 1.31. The second-order valence-corrected chi connectivity index (χ2v) is 8.47. The minimum atomic E-state index is -0.188. The zero-order valence-corrected chi connectivity index (χ0v) is 18.5. The van der Waals surface area contributed by atoms with Gasteiger partial charge in [0, 0.05) is 37.2 Å². The third-order valence-electron chi connectivity index (χ3n) is 6.22. The molecule has 172 valence electrons. The van der Waals surface area contributed by atoms with Crippen molar-refractivity contribution in [3.63, 3.8) is 0 Å². The van der Waals surface area contributed by atoms with E-state index in [2.05, 4.69) is 10.4 Å². The molecule has 2 aromatic carbocycles. The predicted octanol–water partition coefficient (Wildman–Crippen LogP) is 2.47. The van der Waals surface area contributed by atoms with Crippen LogP contribution in [-0.2, 0) is 16.0 Å². The number of nitrogens with one attached hydrogen (secondary N) is 1. The van der Waals surface area contributed by atoms with Gasteiger partial charge in [-0.1, -0.05) is 30.3 Å². The summed E-state index contributed by atoms with van der Waals surface area (Å²) < 4.78 is 12.8. The molecule has 0 radical (unpaired) electrons. The number of rotatable bonds is 6. The van der Waals surface area contributed by atoms with Crippen LogP contribution in [0.3, 0.4) is 0 Å². The zero-order chi connectivity index (χ0) is 22.6. The zero-order valence-electron chi connectivity index (χ0n) is 18.5. The predicted molar refractivity (Wildman–Crippen MR) is 123 cm³/mol. The van der Waals surface area contributed by atoms with Crippen molar-refractivity contribution in [2.24, 2.45) is 0 Å². The fraction of sp³-hybridized carbons (Fsp3) is 0.400. The summed E-state index contributed by atoms with van der Waals surface area (Å²) in [5.74, 6) is -0.161. The molecule has 8 nitrogen and oxygen atoms in total. The van der Waals surface area contributed by atoms with Crippen molar-refractivity contribution < 1.29 is 19.1 Å². The third kappa shape index (κ3) is 4.77. The molecule has 1 aromatic heterocycles. The largest absolute Gasteiger partial charge is 0.378 e. The van der Waals surface area contributed by atoms with Gasteiger partial charge in [0.2, 0.25) is 0 Å². The Morgan fingerprint density at radius 2 is 1.82 bits per heavy atom. The van der Waals surface area contributed by atoms with Crippen LogP contribution in [0.2, 0.25) is 0 Å².